The van der Waals surface area contributed by atoms with Gasteiger partial charge in [0.25, 0.3) is 0 Å². The first kappa shape index (κ1) is 26.4. The van der Waals surface area contributed by atoms with Gasteiger partial charge in [-0.1, -0.05) is 26.0 Å². The number of aryl methyl sites for hydroxylation is 1. The van der Waals surface area contributed by atoms with E-state index in [1.165, 1.54) is 12.1 Å². The van der Waals surface area contributed by atoms with Crippen LogP contribution in [0, 0.1) is 18.6 Å². The van der Waals surface area contributed by atoms with Gasteiger partial charge in [-0.3, -0.25) is 0 Å². The standard InChI is InChI=1S/C14H16BrN3O2.C7H6F2.C2H6/c1-14(2,3)20-13(19)16-8-11-12(15)18-10-7-5-4-6-9(10)17-11;1-5-2-6(8)4-7(9)3-5;1-2/h4-7H,8H2,1-3H3,(H,16,19);2-4H,1H3;1-2H3. The molecule has 0 radical (unpaired) electrons. The summed E-state index contributed by atoms with van der Waals surface area (Å²) in [4.78, 5) is 20.5. The fourth-order valence-electron chi connectivity index (χ4n) is 2.29. The lowest BCUT2D eigenvalue weighted by molar-refractivity contribution is 0.0523. The number of carbonyl (C=O) groups excluding carboxylic acids is 1. The molecule has 3 aromatic rings. The van der Waals surface area contributed by atoms with E-state index in [1.54, 1.807) is 6.92 Å². The Morgan fingerprint density at radius 1 is 1.03 bits per heavy atom. The second-order valence-electron chi connectivity index (χ2n) is 7.25. The van der Waals surface area contributed by atoms with E-state index < -0.39 is 23.3 Å². The molecule has 1 aromatic heterocycles. The van der Waals surface area contributed by atoms with Gasteiger partial charge in [0.2, 0.25) is 0 Å². The monoisotopic (exact) mass is 495 g/mol. The number of nitrogens with one attached hydrogen (secondary N) is 1. The molecule has 0 spiro atoms. The zero-order chi connectivity index (χ0) is 23.6. The van der Waals surface area contributed by atoms with Crippen molar-refractivity contribution in [2.45, 2.75) is 53.7 Å². The number of hydrogen-bond acceptors (Lipinski definition) is 4. The Hall–Kier alpha value is -2.61. The Kier molecular flexibility index (Phi) is 10.5. The summed E-state index contributed by atoms with van der Waals surface area (Å²) < 4.78 is 30.2. The van der Waals surface area contributed by atoms with Crippen LogP contribution in [0.3, 0.4) is 0 Å². The van der Waals surface area contributed by atoms with Crippen molar-refractivity contribution in [3.8, 4) is 0 Å². The molecule has 0 bridgehead atoms. The van der Waals surface area contributed by atoms with E-state index >= 15 is 0 Å². The van der Waals surface area contributed by atoms with Crippen LogP contribution in [0.15, 0.2) is 47.1 Å². The lowest BCUT2D eigenvalue weighted by Crippen LogP contribution is -2.32. The predicted molar refractivity (Wildman–Crippen MR) is 123 cm³/mol. The van der Waals surface area contributed by atoms with Crippen LogP contribution in [0.25, 0.3) is 11.0 Å². The number of amides is 1. The Balaban J connectivity index is 0.000000365. The topological polar surface area (TPSA) is 64.1 Å². The highest BCUT2D eigenvalue weighted by molar-refractivity contribution is 9.10. The lowest BCUT2D eigenvalue weighted by Gasteiger charge is -2.19. The van der Waals surface area contributed by atoms with E-state index in [1.807, 2.05) is 58.9 Å². The molecule has 0 atom stereocenters. The molecule has 0 fully saturated rings. The third-order valence-electron chi connectivity index (χ3n) is 3.40. The summed E-state index contributed by atoms with van der Waals surface area (Å²) in [5, 5.41) is 2.67. The zero-order valence-corrected chi connectivity index (χ0v) is 20.2. The highest BCUT2D eigenvalue weighted by Crippen LogP contribution is 2.17. The largest absolute Gasteiger partial charge is 0.444 e. The second-order valence-corrected chi connectivity index (χ2v) is 8.00. The van der Waals surface area contributed by atoms with Crippen LogP contribution in [0.2, 0.25) is 0 Å². The number of rotatable bonds is 2. The molecule has 1 amide bonds. The number of benzene rings is 2. The fourth-order valence-corrected chi connectivity index (χ4v) is 2.71. The number of ether oxygens (including phenoxy) is 1. The minimum Gasteiger partial charge on any atom is -0.444 e. The molecule has 8 heteroatoms. The maximum absolute atomic E-state index is 12.2. The number of halogens is 3. The Morgan fingerprint density at radius 3 is 2.03 bits per heavy atom. The molecule has 0 saturated heterocycles. The highest BCUT2D eigenvalue weighted by atomic mass is 79.9. The Morgan fingerprint density at radius 2 is 1.55 bits per heavy atom. The van der Waals surface area contributed by atoms with E-state index in [2.05, 4.69) is 31.2 Å². The number of hydrogen-bond donors (Lipinski definition) is 1. The van der Waals surface area contributed by atoms with Gasteiger partial charge >= 0.3 is 6.09 Å². The van der Waals surface area contributed by atoms with Crippen LogP contribution in [-0.4, -0.2) is 21.7 Å². The van der Waals surface area contributed by atoms with Crippen LogP contribution in [0.5, 0.6) is 0 Å². The van der Waals surface area contributed by atoms with Crippen LogP contribution in [0.1, 0.15) is 45.9 Å². The molecule has 5 nitrogen and oxygen atoms in total. The number of alkyl carbamates (subject to hydrolysis) is 1. The number of fused-ring (bicyclic) bond motifs is 1. The molecular weight excluding hydrogens is 468 g/mol. The first-order valence-electron chi connectivity index (χ1n) is 9.84. The summed E-state index contributed by atoms with van der Waals surface area (Å²) in [6.45, 7) is 11.4. The molecule has 3 rings (SSSR count). The molecule has 168 valence electrons. The molecule has 2 aromatic carbocycles. The summed E-state index contributed by atoms with van der Waals surface area (Å²) >= 11 is 3.36. The van der Waals surface area contributed by atoms with E-state index in [0.29, 0.717) is 15.9 Å². The van der Waals surface area contributed by atoms with Gasteiger partial charge in [0.15, 0.2) is 0 Å². The van der Waals surface area contributed by atoms with Gasteiger partial charge in [-0.05, 0) is 73.5 Å². The van der Waals surface area contributed by atoms with Crippen molar-refractivity contribution in [2.24, 2.45) is 0 Å². The minimum absolute atomic E-state index is 0.257. The molecule has 0 aliphatic heterocycles. The van der Waals surface area contributed by atoms with E-state index in [-0.39, 0.29) is 6.54 Å². The third kappa shape index (κ3) is 9.83. The summed E-state index contributed by atoms with van der Waals surface area (Å²) in [7, 11) is 0. The SMILES string of the molecule is CC.CC(C)(C)OC(=O)NCc1nc2ccccc2nc1Br.Cc1cc(F)cc(F)c1. The van der Waals surface area contributed by atoms with Crippen LogP contribution >= 0.6 is 15.9 Å². The lowest BCUT2D eigenvalue weighted by atomic mass is 10.2. The summed E-state index contributed by atoms with van der Waals surface area (Å²) in [5.41, 5.74) is 2.34. The number of para-hydroxylation sites is 2. The first-order chi connectivity index (χ1) is 14.5. The van der Waals surface area contributed by atoms with Gasteiger partial charge in [0.05, 0.1) is 23.3 Å². The van der Waals surface area contributed by atoms with E-state index in [0.717, 1.165) is 17.1 Å². The average Bonchev–Trinajstić information content (AvgIpc) is 2.66. The average molecular weight is 496 g/mol. The summed E-state index contributed by atoms with van der Waals surface area (Å²) in [6, 6.07) is 11.0. The van der Waals surface area contributed by atoms with Crippen molar-refractivity contribution in [1.82, 2.24) is 15.3 Å². The van der Waals surface area contributed by atoms with Crippen molar-refractivity contribution in [3.05, 3.63) is 70.0 Å². The van der Waals surface area contributed by atoms with Gasteiger partial charge in [-0.15, -0.1) is 0 Å². The molecule has 1 N–H and O–H groups in total. The normalized spacial score (nSPS) is 10.4. The molecule has 0 aliphatic rings. The van der Waals surface area contributed by atoms with Crippen molar-refractivity contribution < 1.29 is 18.3 Å². The molecule has 0 aliphatic carbocycles. The van der Waals surface area contributed by atoms with Crippen molar-refractivity contribution in [2.75, 3.05) is 0 Å². The van der Waals surface area contributed by atoms with Gasteiger partial charge in [0.1, 0.15) is 21.8 Å². The molecule has 0 saturated carbocycles. The minimum atomic E-state index is -0.521. The molecule has 1 heterocycles. The highest BCUT2D eigenvalue weighted by Gasteiger charge is 2.16. The van der Waals surface area contributed by atoms with Crippen molar-refractivity contribution >= 4 is 33.1 Å². The van der Waals surface area contributed by atoms with E-state index in [9.17, 15) is 13.6 Å². The summed E-state index contributed by atoms with van der Waals surface area (Å²) in [5.74, 6) is -1.04. The van der Waals surface area contributed by atoms with Crippen molar-refractivity contribution in [3.63, 3.8) is 0 Å². The van der Waals surface area contributed by atoms with Gasteiger partial charge in [0, 0.05) is 6.07 Å². The number of carbonyl (C=O) groups is 1. The number of aromatic nitrogens is 2. The second kappa shape index (κ2) is 12.3. The molecule has 0 unspecified atom stereocenters. The fraction of sp³-hybridized carbons (Fsp3) is 0.348. The predicted octanol–water partition coefficient (Wildman–Crippen LogP) is 6.72. The maximum Gasteiger partial charge on any atom is 0.407 e. The maximum atomic E-state index is 12.2. The Bertz CT molecular complexity index is 957. The molecule has 31 heavy (non-hydrogen) atoms. The van der Waals surface area contributed by atoms with Gasteiger partial charge < -0.3 is 10.1 Å². The van der Waals surface area contributed by atoms with E-state index in [4.69, 9.17) is 4.74 Å². The zero-order valence-electron chi connectivity index (χ0n) is 18.6. The molecular formula is C23H28BrF2N3O2. The van der Waals surface area contributed by atoms with Gasteiger partial charge in [-0.25, -0.2) is 23.5 Å². The smallest absolute Gasteiger partial charge is 0.407 e. The third-order valence-corrected chi connectivity index (χ3v) is 4.03. The Labute approximate surface area is 190 Å². The van der Waals surface area contributed by atoms with Crippen LogP contribution in [-0.2, 0) is 11.3 Å². The first-order valence-corrected chi connectivity index (χ1v) is 10.6. The number of nitrogens with zero attached hydrogens (tertiary/aromatic N) is 2. The summed E-state index contributed by atoms with van der Waals surface area (Å²) in [6.07, 6.45) is -0.473. The quantitative estimate of drug-likeness (QED) is 0.428. The van der Waals surface area contributed by atoms with Gasteiger partial charge in [-0.2, -0.15) is 0 Å². The van der Waals surface area contributed by atoms with Crippen molar-refractivity contribution in [1.29, 1.82) is 0 Å². The van der Waals surface area contributed by atoms with Crippen LogP contribution < -0.4 is 5.32 Å². The van der Waals surface area contributed by atoms with Crippen LogP contribution in [0.4, 0.5) is 13.6 Å².